The molecule has 1 aromatic heterocycles. The van der Waals surface area contributed by atoms with Gasteiger partial charge in [-0.1, -0.05) is 30.3 Å². The van der Waals surface area contributed by atoms with Crippen LogP contribution in [0.15, 0.2) is 72.8 Å². The first-order chi connectivity index (χ1) is 15.2. The van der Waals surface area contributed by atoms with Crippen LogP contribution in [0, 0.1) is 10.1 Å². The molecule has 4 rings (SSSR count). The molecule has 0 radical (unpaired) electrons. The summed E-state index contributed by atoms with van der Waals surface area (Å²) in [6, 6.07) is 16.9. The number of alkyl halides is 3. The van der Waals surface area contributed by atoms with Crippen molar-refractivity contribution in [2.75, 3.05) is 0 Å². The van der Waals surface area contributed by atoms with Crippen LogP contribution in [0.25, 0.3) is 10.1 Å². The van der Waals surface area contributed by atoms with Gasteiger partial charge in [0, 0.05) is 10.8 Å². The molecule has 0 saturated carbocycles. The van der Waals surface area contributed by atoms with Crippen molar-refractivity contribution in [3.63, 3.8) is 0 Å². The number of hydrogen-bond acceptors (Lipinski definition) is 6. The van der Waals surface area contributed by atoms with Crippen LogP contribution in [0.4, 0.5) is 18.9 Å². The van der Waals surface area contributed by atoms with E-state index in [1.807, 2.05) is 24.3 Å². The van der Waals surface area contributed by atoms with Gasteiger partial charge in [0.25, 0.3) is 0 Å². The van der Waals surface area contributed by atoms with E-state index in [0.29, 0.717) is 17.0 Å². The summed E-state index contributed by atoms with van der Waals surface area (Å²) >= 11 is 1.23. The maximum absolute atomic E-state index is 12.9. The van der Waals surface area contributed by atoms with E-state index in [1.54, 1.807) is 12.1 Å². The second-order valence-electron chi connectivity index (χ2n) is 6.52. The topological polar surface area (TPSA) is 78.7 Å². The molecule has 0 aliphatic heterocycles. The monoisotopic (exact) mass is 459 g/mol. The highest BCUT2D eigenvalue weighted by atomic mass is 32.1. The van der Waals surface area contributed by atoms with Crippen molar-refractivity contribution in [2.45, 2.75) is 6.18 Å². The molecule has 0 saturated heterocycles. The number of nitro benzene ring substituents is 1. The standard InChI is InChI=1S/C22H12F3NO5S/c23-22(24,25)14-9-10-16(15(12-14)26(28)29)30-17-6-2-3-7-18(17)31-21(27)20-11-13-5-1-4-8-19(13)32-20/h1-12H. The summed E-state index contributed by atoms with van der Waals surface area (Å²) in [7, 11) is 0. The molecule has 0 fully saturated rings. The Morgan fingerprint density at radius 3 is 2.28 bits per heavy atom. The molecule has 1 heterocycles. The fourth-order valence-electron chi connectivity index (χ4n) is 2.89. The molecule has 0 N–H and O–H groups in total. The summed E-state index contributed by atoms with van der Waals surface area (Å²) in [6.45, 7) is 0. The number of benzene rings is 3. The number of esters is 1. The Hall–Kier alpha value is -3.92. The third-order valence-corrected chi connectivity index (χ3v) is 5.48. The number of ether oxygens (including phenoxy) is 2. The molecule has 0 aliphatic carbocycles. The molecule has 6 nitrogen and oxygen atoms in total. The Morgan fingerprint density at radius 1 is 0.906 bits per heavy atom. The van der Waals surface area contributed by atoms with Gasteiger partial charge in [0.15, 0.2) is 11.5 Å². The van der Waals surface area contributed by atoms with E-state index >= 15 is 0 Å². The molecule has 0 spiro atoms. The van der Waals surface area contributed by atoms with E-state index in [2.05, 4.69) is 0 Å². The Balaban J connectivity index is 1.63. The lowest BCUT2D eigenvalue weighted by molar-refractivity contribution is -0.385. The van der Waals surface area contributed by atoms with Crippen molar-refractivity contribution in [3.8, 4) is 17.2 Å². The van der Waals surface area contributed by atoms with Crippen LogP contribution in [0.1, 0.15) is 15.2 Å². The lowest BCUT2D eigenvalue weighted by Crippen LogP contribution is -2.08. The average Bonchev–Trinajstić information content (AvgIpc) is 3.19. The smallest absolute Gasteiger partial charge is 0.416 e. The number of halogens is 3. The minimum Gasteiger partial charge on any atom is -0.446 e. The molecule has 3 aromatic carbocycles. The summed E-state index contributed by atoms with van der Waals surface area (Å²) in [6.07, 6.45) is -4.75. The first-order valence-corrected chi connectivity index (χ1v) is 9.87. The second kappa shape index (κ2) is 8.31. The van der Waals surface area contributed by atoms with E-state index in [0.717, 1.165) is 16.2 Å². The summed E-state index contributed by atoms with van der Waals surface area (Å²) in [5.74, 6) is -1.19. The van der Waals surface area contributed by atoms with E-state index in [-0.39, 0.29) is 11.5 Å². The van der Waals surface area contributed by atoms with Gasteiger partial charge < -0.3 is 9.47 Å². The normalized spacial score (nSPS) is 11.3. The summed E-state index contributed by atoms with van der Waals surface area (Å²) in [5, 5.41) is 12.2. The maximum Gasteiger partial charge on any atom is 0.416 e. The van der Waals surface area contributed by atoms with E-state index in [4.69, 9.17) is 9.47 Å². The quantitative estimate of drug-likeness (QED) is 0.141. The SMILES string of the molecule is O=C(Oc1ccccc1Oc1ccc(C(F)(F)F)cc1[N+](=O)[O-])c1cc2ccccc2s1. The molecule has 0 amide bonds. The first kappa shape index (κ1) is 21.3. The Bertz CT molecular complexity index is 1300. The molecule has 0 atom stereocenters. The zero-order valence-electron chi connectivity index (χ0n) is 16.0. The molecular weight excluding hydrogens is 447 g/mol. The minimum atomic E-state index is -4.75. The van der Waals surface area contributed by atoms with Gasteiger partial charge in [0.2, 0.25) is 5.75 Å². The maximum atomic E-state index is 12.9. The molecule has 0 aliphatic rings. The van der Waals surface area contributed by atoms with Gasteiger partial charge >= 0.3 is 17.8 Å². The van der Waals surface area contributed by atoms with E-state index in [1.165, 1.54) is 29.5 Å². The number of carbonyl (C=O) groups excluding carboxylic acids is 1. The van der Waals surface area contributed by atoms with Crippen LogP contribution in [0.3, 0.4) is 0 Å². The highest BCUT2D eigenvalue weighted by Gasteiger charge is 2.33. The van der Waals surface area contributed by atoms with Gasteiger partial charge in [-0.05, 0) is 41.8 Å². The van der Waals surface area contributed by atoms with Crippen molar-refractivity contribution >= 4 is 33.1 Å². The second-order valence-corrected chi connectivity index (χ2v) is 7.61. The van der Waals surface area contributed by atoms with Gasteiger partial charge in [0.05, 0.1) is 10.5 Å². The van der Waals surface area contributed by atoms with Crippen molar-refractivity contribution in [1.82, 2.24) is 0 Å². The van der Waals surface area contributed by atoms with Gasteiger partial charge in [-0.25, -0.2) is 4.79 Å². The van der Waals surface area contributed by atoms with Crippen LogP contribution in [0.5, 0.6) is 17.2 Å². The first-order valence-electron chi connectivity index (χ1n) is 9.05. The van der Waals surface area contributed by atoms with Crippen molar-refractivity contribution < 1.29 is 32.4 Å². The van der Waals surface area contributed by atoms with Crippen LogP contribution in [-0.2, 0) is 6.18 Å². The zero-order chi connectivity index (χ0) is 22.9. The Morgan fingerprint density at radius 2 is 1.59 bits per heavy atom. The Kier molecular flexibility index (Phi) is 5.54. The molecule has 0 bridgehead atoms. The van der Waals surface area contributed by atoms with Gasteiger partial charge in [0.1, 0.15) is 4.88 Å². The van der Waals surface area contributed by atoms with E-state index < -0.39 is 34.1 Å². The lowest BCUT2D eigenvalue weighted by atomic mass is 10.2. The van der Waals surface area contributed by atoms with Crippen molar-refractivity contribution in [3.05, 3.63) is 93.4 Å². The molecule has 32 heavy (non-hydrogen) atoms. The highest BCUT2D eigenvalue weighted by Crippen LogP contribution is 2.40. The van der Waals surface area contributed by atoms with Crippen LogP contribution < -0.4 is 9.47 Å². The van der Waals surface area contributed by atoms with Gasteiger partial charge in [-0.2, -0.15) is 13.2 Å². The largest absolute Gasteiger partial charge is 0.446 e. The summed E-state index contributed by atoms with van der Waals surface area (Å²) < 4.78 is 50.5. The van der Waals surface area contributed by atoms with Crippen LogP contribution >= 0.6 is 11.3 Å². The average molecular weight is 459 g/mol. The number of hydrogen-bond donors (Lipinski definition) is 0. The number of rotatable bonds is 5. The van der Waals surface area contributed by atoms with Crippen molar-refractivity contribution in [1.29, 1.82) is 0 Å². The predicted octanol–water partition coefficient (Wildman–Crippen LogP) is 6.84. The van der Waals surface area contributed by atoms with Gasteiger partial charge in [-0.3, -0.25) is 10.1 Å². The number of nitro groups is 1. The van der Waals surface area contributed by atoms with Crippen LogP contribution in [0.2, 0.25) is 0 Å². The molecule has 4 aromatic rings. The number of carbonyl (C=O) groups is 1. The van der Waals surface area contributed by atoms with E-state index in [9.17, 15) is 28.1 Å². The number of fused-ring (bicyclic) bond motifs is 1. The fourth-order valence-corrected chi connectivity index (χ4v) is 3.83. The fraction of sp³-hybridized carbons (Fsp3) is 0.0455. The Labute approximate surface area is 182 Å². The summed E-state index contributed by atoms with van der Waals surface area (Å²) in [5.41, 5.74) is -2.05. The van der Waals surface area contributed by atoms with Gasteiger partial charge in [-0.15, -0.1) is 11.3 Å². The number of thiophene rings is 1. The number of para-hydroxylation sites is 2. The molecule has 0 unspecified atom stereocenters. The molecule has 10 heteroatoms. The molecule has 162 valence electrons. The van der Waals surface area contributed by atoms with Crippen LogP contribution in [-0.4, -0.2) is 10.9 Å². The number of nitrogens with zero attached hydrogens (tertiary/aromatic N) is 1. The third kappa shape index (κ3) is 4.40. The lowest BCUT2D eigenvalue weighted by Gasteiger charge is -2.12. The summed E-state index contributed by atoms with van der Waals surface area (Å²) in [4.78, 5) is 23.3. The highest BCUT2D eigenvalue weighted by molar-refractivity contribution is 7.20. The predicted molar refractivity (Wildman–Crippen MR) is 111 cm³/mol. The minimum absolute atomic E-state index is 0.0378. The third-order valence-electron chi connectivity index (χ3n) is 4.38. The van der Waals surface area contributed by atoms with Crippen molar-refractivity contribution in [2.24, 2.45) is 0 Å². The zero-order valence-corrected chi connectivity index (χ0v) is 16.8. The molecular formula is C22H12F3NO5S.